The van der Waals surface area contributed by atoms with E-state index in [9.17, 15) is 35.4 Å². The Bertz CT molecular complexity index is 1870. The van der Waals surface area contributed by atoms with Gasteiger partial charge in [0.15, 0.2) is 11.3 Å². The Labute approximate surface area is 341 Å². The van der Waals surface area contributed by atoms with E-state index >= 15 is 4.79 Å². The first kappa shape index (κ1) is 44.8. The minimum Gasteiger partial charge on any atom is -0.863 e. The molecule has 2 aromatic rings. The number of quaternary nitrogens is 1. The lowest BCUT2D eigenvalue weighted by Crippen LogP contribution is -3.23. The van der Waals surface area contributed by atoms with Crippen LogP contribution in [0.15, 0.2) is 53.8 Å². The lowest BCUT2D eigenvalue weighted by atomic mass is 9.64. The number of nitro benzene ring substituents is 3. The summed E-state index contributed by atoms with van der Waals surface area (Å²) in [6, 6.07) is 12.6. The van der Waals surface area contributed by atoms with Crippen LogP contribution in [-0.4, -0.2) is 73.4 Å². The highest BCUT2D eigenvalue weighted by Gasteiger charge is 2.65. The van der Waals surface area contributed by atoms with E-state index in [0.29, 0.717) is 60.3 Å². The zero-order valence-corrected chi connectivity index (χ0v) is 36.5. The van der Waals surface area contributed by atoms with Crippen LogP contribution in [0.3, 0.4) is 0 Å². The highest BCUT2D eigenvalue weighted by atomic mass is 28.3. The van der Waals surface area contributed by atoms with Crippen LogP contribution in [0, 0.1) is 47.1 Å². The molecule has 2 saturated heterocycles. The molecule has 5 atom stereocenters. The first-order valence-electron chi connectivity index (χ1n) is 20.4. The van der Waals surface area contributed by atoms with Crippen molar-refractivity contribution >= 4 is 30.9 Å². The Hall–Kier alpha value is -4.25. The summed E-state index contributed by atoms with van der Waals surface area (Å²) in [5.41, 5.74) is 0.281. The highest BCUT2D eigenvalue weighted by Crippen LogP contribution is 2.62. The smallest absolute Gasteiger partial charge is 0.283 e. The first-order chi connectivity index (χ1) is 27.1. The molecule has 2 bridgehead atoms. The first-order valence-corrected chi connectivity index (χ1v) is 22.8. The Morgan fingerprint density at radius 3 is 1.88 bits per heavy atom. The second kappa shape index (κ2) is 16.8. The number of ketones is 1. The Balaban J connectivity index is 0.000000336. The third kappa shape index (κ3) is 7.56. The monoisotopic (exact) mass is 824 g/mol. The van der Waals surface area contributed by atoms with Gasteiger partial charge in [-0.15, -0.1) is 0 Å². The quantitative estimate of drug-likeness (QED) is 0.128. The van der Waals surface area contributed by atoms with Crippen LogP contribution < -0.4 is 10.0 Å². The van der Waals surface area contributed by atoms with Gasteiger partial charge in [-0.1, -0.05) is 109 Å². The Morgan fingerprint density at radius 1 is 0.862 bits per heavy atom. The van der Waals surface area contributed by atoms with Crippen LogP contribution in [-0.2, 0) is 19.0 Å². The van der Waals surface area contributed by atoms with Crippen molar-refractivity contribution in [2.24, 2.45) is 16.7 Å². The van der Waals surface area contributed by atoms with Gasteiger partial charge in [-0.25, -0.2) is 0 Å². The number of hydrogen-bond donors (Lipinski definition) is 1. The van der Waals surface area contributed by atoms with Gasteiger partial charge in [-0.3, -0.25) is 35.1 Å². The largest absolute Gasteiger partial charge is 0.863 e. The standard InChI is InChI=1S/C36H57NO4Si.C6H3N3O7/c1-24(2)42(25(3)4,26(5)6)23-29-30(27-14-12-11-13-15-27)36(10,37-18-20-39-21-19-37)32(38)31(29)41-33-35(9)17-16-28(22-40-33)34(35,7)8;10-6-4(8(13)14)1-3(7(11)12)2-5(6)9(15)16/h11-15,24-26,28,30,33H,16-23H2,1-10H3;1-2,10H/t28-,30+,33-,35+,36-;/m1./s1. The van der Waals surface area contributed by atoms with E-state index in [2.05, 4.69) is 99.6 Å². The van der Waals surface area contributed by atoms with Crippen molar-refractivity contribution in [2.75, 3.05) is 32.9 Å². The number of nitro groups is 3. The van der Waals surface area contributed by atoms with Crippen molar-refractivity contribution in [3.63, 3.8) is 0 Å². The number of nitrogens with one attached hydrogen (secondary N) is 1. The molecule has 0 amide bonds. The Morgan fingerprint density at radius 2 is 1.40 bits per heavy atom. The number of benzene rings is 2. The normalized spacial score (nSPS) is 27.2. The second-order valence-electron chi connectivity index (χ2n) is 18.4. The van der Waals surface area contributed by atoms with E-state index in [1.165, 1.54) is 16.0 Å². The molecule has 318 valence electrons. The summed E-state index contributed by atoms with van der Waals surface area (Å²) in [4.78, 5) is 44.0. The molecule has 2 aromatic carbocycles. The maximum absolute atomic E-state index is 15.2. The van der Waals surface area contributed by atoms with Gasteiger partial charge in [0.2, 0.25) is 6.29 Å². The van der Waals surface area contributed by atoms with Crippen LogP contribution in [0.4, 0.5) is 17.1 Å². The second-order valence-corrected chi connectivity index (χ2v) is 24.5. The molecule has 58 heavy (non-hydrogen) atoms. The number of carbonyl (C=O) groups excluding carboxylic acids is 1. The number of rotatable bonds is 12. The van der Waals surface area contributed by atoms with Gasteiger partial charge < -0.3 is 24.2 Å². The maximum Gasteiger partial charge on any atom is 0.283 e. The molecule has 0 spiro atoms. The molecule has 16 heteroatoms. The van der Waals surface area contributed by atoms with Gasteiger partial charge in [0.1, 0.15) is 13.1 Å². The number of fused-ring (bicyclic) bond motifs is 2. The van der Waals surface area contributed by atoms with Gasteiger partial charge in [0, 0.05) is 5.41 Å². The maximum atomic E-state index is 15.2. The third-order valence-corrected chi connectivity index (χ3v) is 22.4. The van der Waals surface area contributed by atoms with Gasteiger partial charge >= 0.3 is 0 Å². The summed E-state index contributed by atoms with van der Waals surface area (Å²) in [5, 5.41) is 42.1. The third-order valence-electron chi connectivity index (χ3n) is 14.9. The molecule has 2 aliphatic carbocycles. The average molecular weight is 825 g/mol. The van der Waals surface area contributed by atoms with Crippen LogP contribution >= 0.6 is 0 Å². The molecule has 1 saturated carbocycles. The van der Waals surface area contributed by atoms with Gasteiger partial charge in [-0.05, 0) is 48.3 Å². The number of morpholine rings is 1. The summed E-state index contributed by atoms with van der Waals surface area (Å²) in [7, 11) is -1.95. The van der Waals surface area contributed by atoms with Crippen LogP contribution in [0.2, 0.25) is 22.7 Å². The van der Waals surface area contributed by atoms with Crippen molar-refractivity contribution in [1.82, 2.24) is 0 Å². The molecular weight excluding hydrogens is 765 g/mol. The number of hydrogen-bond acceptors (Lipinski definition) is 11. The molecule has 15 nitrogen and oxygen atoms in total. The molecular formula is C42H60N4O11Si. The molecule has 1 N–H and O–H groups in total. The van der Waals surface area contributed by atoms with Crippen molar-refractivity contribution in [1.29, 1.82) is 0 Å². The molecule has 2 aliphatic heterocycles. The van der Waals surface area contributed by atoms with E-state index in [-0.39, 0.29) is 22.5 Å². The average Bonchev–Trinajstić information content (AvgIpc) is 3.41. The number of nitrogens with zero attached hydrogens (tertiary/aromatic N) is 3. The van der Waals surface area contributed by atoms with E-state index in [1.54, 1.807) is 0 Å². The summed E-state index contributed by atoms with van der Waals surface area (Å²) in [5.74, 6) is -0.138. The fraction of sp³-hybridized carbons (Fsp3) is 0.643. The van der Waals surface area contributed by atoms with E-state index in [4.69, 9.17) is 14.2 Å². The fourth-order valence-corrected chi connectivity index (χ4v) is 17.1. The predicted molar refractivity (Wildman–Crippen MR) is 218 cm³/mol. The minimum atomic E-state index is -1.95. The lowest BCUT2D eigenvalue weighted by Gasteiger charge is -2.50. The summed E-state index contributed by atoms with van der Waals surface area (Å²) >= 11 is 0. The van der Waals surface area contributed by atoms with Gasteiger partial charge in [0.05, 0.1) is 66.5 Å². The number of non-ortho nitro benzene ring substituents is 1. The summed E-state index contributed by atoms with van der Waals surface area (Å²) in [6.45, 7) is 27.7. The fourth-order valence-electron chi connectivity index (χ4n) is 10.9. The number of ether oxygens (including phenoxy) is 3. The summed E-state index contributed by atoms with van der Waals surface area (Å²) < 4.78 is 19.5. The summed E-state index contributed by atoms with van der Waals surface area (Å²) in [6.07, 6.45) is 1.82. The minimum absolute atomic E-state index is 0.0295. The molecule has 0 radical (unpaired) electrons. The molecule has 6 rings (SSSR count). The topological polar surface area (TPSA) is 202 Å². The lowest BCUT2D eigenvalue weighted by molar-refractivity contribution is -0.947. The van der Waals surface area contributed by atoms with E-state index < -0.39 is 57.5 Å². The van der Waals surface area contributed by atoms with Crippen molar-refractivity contribution < 1.29 is 43.8 Å². The number of Topliss-reactive ketones (excluding diaryl/α,β-unsaturated/α-hetero) is 1. The predicted octanol–water partition coefficient (Wildman–Crippen LogP) is 7.26. The Kier molecular flexibility index (Phi) is 13.0. The van der Waals surface area contributed by atoms with Crippen molar-refractivity contribution in [3.8, 4) is 5.75 Å². The van der Waals surface area contributed by atoms with Crippen LogP contribution in [0.1, 0.15) is 93.6 Å². The van der Waals surface area contributed by atoms with Crippen LogP contribution in [0.5, 0.6) is 5.75 Å². The van der Waals surface area contributed by atoms with Gasteiger partial charge in [0.25, 0.3) is 22.8 Å². The van der Waals surface area contributed by atoms with Crippen LogP contribution in [0.25, 0.3) is 0 Å². The number of carbonyl (C=O) groups is 1. The molecule has 0 unspecified atom stereocenters. The highest BCUT2D eigenvalue weighted by molar-refractivity contribution is 6.84. The zero-order valence-electron chi connectivity index (χ0n) is 35.5. The van der Waals surface area contributed by atoms with Crippen molar-refractivity contribution in [3.05, 3.63) is 89.7 Å². The van der Waals surface area contributed by atoms with E-state index in [1.807, 2.05) is 0 Å². The molecule has 2 heterocycles. The molecule has 0 aromatic heterocycles. The zero-order chi connectivity index (χ0) is 43.1. The molecule has 4 aliphatic rings. The van der Waals surface area contributed by atoms with Gasteiger partial charge in [-0.2, -0.15) is 0 Å². The SMILES string of the molecule is CC(C)[Si](CC1=C(O[C@H]2OC[C@H]3CC[C@]2(C)C3(C)C)C(=O)[C@](C)([NH+]2CCOCC2)[C@H]1c1ccccc1)(C(C)C)C(C)C.O=[N+]([O-])c1cc([N+](=O)[O-])c([O-])c([N+](=O)[O-])c1. The molecule has 3 fully saturated rings. The van der Waals surface area contributed by atoms with Crippen molar-refractivity contribution in [2.45, 2.75) is 122 Å². The van der Waals surface area contributed by atoms with E-state index in [0.717, 1.165) is 32.0 Å².